The zero-order chi connectivity index (χ0) is 20.5. The zero-order valence-electron chi connectivity index (χ0n) is 17.0. The lowest BCUT2D eigenvalue weighted by atomic mass is 9.85. The van der Waals surface area contributed by atoms with E-state index < -0.39 is 17.2 Å². The summed E-state index contributed by atoms with van der Waals surface area (Å²) >= 11 is 1.70. The molecule has 1 aromatic carbocycles. The molecule has 7 heteroatoms. The van der Waals surface area contributed by atoms with Crippen molar-refractivity contribution >= 4 is 23.6 Å². The summed E-state index contributed by atoms with van der Waals surface area (Å²) in [6.07, 6.45) is 3.49. The fraction of sp³-hybridized carbons (Fsp3) is 0.619. The Labute approximate surface area is 170 Å². The monoisotopic (exact) mass is 407 g/mol. The van der Waals surface area contributed by atoms with Crippen LogP contribution in [0.4, 0.5) is 0 Å². The van der Waals surface area contributed by atoms with Crippen LogP contribution >= 0.6 is 11.8 Å². The third kappa shape index (κ3) is 4.63. The lowest BCUT2D eigenvalue weighted by Gasteiger charge is -2.44. The normalized spacial score (nSPS) is 18.5. The number of amides is 1. The number of carbonyl (C=O) groups excluding carboxylic acids is 1. The highest BCUT2D eigenvalue weighted by molar-refractivity contribution is 7.98. The minimum Gasteiger partial charge on any atom is -0.481 e. The lowest BCUT2D eigenvalue weighted by Crippen LogP contribution is -2.53. The third-order valence-electron chi connectivity index (χ3n) is 5.48. The molecule has 1 saturated heterocycles. The van der Waals surface area contributed by atoms with Gasteiger partial charge in [-0.15, -0.1) is 11.8 Å². The Kier molecular flexibility index (Phi) is 5.96. The van der Waals surface area contributed by atoms with E-state index in [0.29, 0.717) is 32.5 Å². The maximum absolute atomic E-state index is 12.6. The van der Waals surface area contributed by atoms with E-state index in [4.69, 9.17) is 14.6 Å². The van der Waals surface area contributed by atoms with Gasteiger partial charge in [-0.1, -0.05) is 13.8 Å². The Morgan fingerprint density at radius 1 is 1.25 bits per heavy atom. The molecule has 1 spiro atoms. The number of aliphatic carboxylic acids is 1. The molecule has 1 fully saturated rings. The number of benzene rings is 1. The molecular formula is C21H29NO5S. The number of piperidine rings is 1. The van der Waals surface area contributed by atoms with E-state index in [1.54, 1.807) is 16.7 Å². The molecule has 0 atom stereocenters. The second-order valence-corrected chi connectivity index (χ2v) is 9.41. The standard InChI is InChI=1S/C21H29NO5S/c1-14-9-16(28-4)10-15-13-26-21(27-19(14)15)5-7-22(8-6-21)17(23)11-20(2,3)12-18(24)25/h9-10H,5-8,11-13H2,1-4H3,(H,24,25). The number of hydrogen-bond acceptors (Lipinski definition) is 5. The summed E-state index contributed by atoms with van der Waals surface area (Å²) in [6.45, 7) is 7.32. The number of rotatable bonds is 5. The molecule has 0 saturated carbocycles. The van der Waals surface area contributed by atoms with E-state index in [1.165, 1.54) is 4.90 Å². The Morgan fingerprint density at radius 2 is 1.93 bits per heavy atom. The van der Waals surface area contributed by atoms with Gasteiger partial charge in [-0.2, -0.15) is 0 Å². The quantitative estimate of drug-likeness (QED) is 0.748. The van der Waals surface area contributed by atoms with Gasteiger partial charge in [0.15, 0.2) is 0 Å². The Bertz CT molecular complexity index is 768. The van der Waals surface area contributed by atoms with Crippen molar-refractivity contribution < 1.29 is 24.2 Å². The SMILES string of the molecule is CSc1cc(C)c2c(c1)COC1(CCN(C(=O)CC(C)(C)CC(=O)O)CC1)O2. The smallest absolute Gasteiger partial charge is 0.303 e. The number of thioether (sulfide) groups is 1. The molecule has 0 unspecified atom stereocenters. The first-order chi connectivity index (χ1) is 13.1. The number of carboxylic acid groups (broad SMARTS) is 1. The summed E-state index contributed by atoms with van der Waals surface area (Å²) in [6, 6.07) is 4.24. The molecule has 2 aliphatic heterocycles. The third-order valence-corrected chi connectivity index (χ3v) is 6.18. The molecule has 1 N–H and O–H groups in total. The molecule has 154 valence electrons. The number of hydrogen-bond donors (Lipinski definition) is 1. The second kappa shape index (κ2) is 7.95. The summed E-state index contributed by atoms with van der Waals surface area (Å²) in [5.74, 6) is -0.644. The van der Waals surface area contributed by atoms with Gasteiger partial charge in [0.1, 0.15) is 5.75 Å². The van der Waals surface area contributed by atoms with E-state index in [1.807, 2.05) is 13.8 Å². The van der Waals surface area contributed by atoms with Crippen LogP contribution in [0.2, 0.25) is 0 Å². The molecule has 3 rings (SSSR count). The number of aryl methyl sites for hydroxylation is 1. The second-order valence-electron chi connectivity index (χ2n) is 8.53. The molecule has 0 aliphatic carbocycles. The summed E-state index contributed by atoms with van der Waals surface area (Å²) < 4.78 is 12.4. The number of likely N-dealkylation sites (tertiary alicyclic amines) is 1. The van der Waals surface area contributed by atoms with Crippen LogP contribution in [0.25, 0.3) is 0 Å². The predicted octanol–water partition coefficient (Wildman–Crippen LogP) is 3.84. The first kappa shape index (κ1) is 21.0. The highest BCUT2D eigenvalue weighted by Gasteiger charge is 2.42. The van der Waals surface area contributed by atoms with Gasteiger partial charge < -0.3 is 19.5 Å². The highest BCUT2D eigenvalue weighted by atomic mass is 32.2. The molecule has 0 radical (unpaired) electrons. The van der Waals surface area contributed by atoms with E-state index >= 15 is 0 Å². The molecular weight excluding hydrogens is 378 g/mol. The van der Waals surface area contributed by atoms with Gasteiger partial charge in [0, 0.05) is 42.8 Å². The minimum atomic E-state index is -0.877. The summed E-state index contributed by atoms with van der Waals surface area (Å²) in [5, 5.41) is 9.01. The summed E-state index contributed by atoms with van der Waals surface area (Å²) in [4.78, 5) is 26.6. The Morgan fingerprint density at radius 3 is 2.54 bits per heavy atom. The van der Waals surface area contributed by atoms with Crippen molar-refractivity contribution in [2.75, 3.05) is 19.3 Å². The fourth-order valence-electron chi connectivity index (χ4n) is 3.94. The first-order valence-electron chi connectivity index (χ1n) is 9.63. The van der Waals surface area contributed by atoms with Crippen molar-refractivity contribution in [3.8, 4) is 5.75 Å². The maximum Gasteiger partial charge on any atom is 0.303 e. The number of nitrogens with zero attached hydrogens (tertiary/aromatic N) is 1. The van der Waals surface area contributed by atoms with Gasteiger partial charge in [0.05, 0.1) is 13.0 Å². The van der Waals surface area contributed by atoms with Crippen LogP contribution in [0.5, 0.6) is 5.75 Å². The first-order valence-corrected chi connectivity index (χ1v) is 10.9. The largest absolute Gasteiger partial charge is 0.481 e. The van der Waals surface area contributed by atoms with Gasteiger partial charge in [-0.05, 0) is 36.3 Å². The average molecular weight is 408 g/mol. The molecule has 28 heavy (non-hydrogen) atoms. The van der Waals surface area contributed by atoms with Gasteiger partial charge in [0.25, 0.3) is 0 Å². The van der Waals surface area contributed by atoms with Crippen molar-refractivity contribution in [3.05, 3.63) is 23.3 Å². The van der Waals surface area contributed by atoms with Crippen LogP contribution in [-0.2, 0) is 20.9 Å². The number of fused-ring (bicyclic) bond motifs is 1. The van der Waals surface area contributed by atoms with Gasteiger partial charge in [0.2, 0.25) is 11.7 Å². The van der Waals surface area contributed by atoms with Crippen molar-refractivity contribution in [3.63, 3.8) is 0 Å². The zero-order valence-corrected chi connectivity index (χ0v) is 17.9. The number of ether oxygens (including phenoxy) is 2. The van der Waals surface area contributed by atoms with Crippen molar-refractivity contribution in [2.45, 2.75) is 63.7 Å². The van der Waals surface area contributed by atoms with Crippen LogP contribution in [-0.4, -0.2) is 47.0 Å². The molecule has 0 aromatic heterocycles. The molecule has 2 heterocycles. The van der Waals surface area contributed by atoms with Crippen molar-refractivity contribution in [2.24, 2.45) is 5.41 Å². The van der Waals surface area contributed by atoms with E-state index in [-0.39, 0.29) is 18.7 Å². The number of carboxylic acids is 1. The van der Waals surface area contributed by atoms with Gasteiger partial charge >= 0.3 is 5.97 Å². The molecule has 1 amide bonds. The summed E-state index contributed by atoms with van der Waals surface area (Å²) in [5.41, 5.74) is 1.63. The molecule has 2 aliphatic rings. The average Bonchev–Trinajstić information content (AvgIpc) is 2.61. The van der Waals surface area contributed by atoms with Crippen LogP contribution in [0, 0.1) is 12.3 Å². The van der Waals surface area contributed by atoms with E-state index in [0.717, 1.165) is 16.9 Å². The van der Waals surface area contributed by atoms with Crippen molar-refractivity contribution in [1.29, 1.82) is 0 Å². The van der Waals surface area contributed by atoms with Crippen LogP contribution in [0.15, 0.2) is 17.0 Å². The topological polar surface area (TPSA) is 76.1 Å². The Balaban J connectivity index is 1.62. The van der Waals surface area contributed by atoms with Crippen LogP contribution < -0.4 is 4.74 Å². The highest BCUT2D eigenvalue weighted by Crippen LogP contribution is 2.41. The van der Waals surface area contributed by atoms with Crippen LogP contribution in [0.1, 0.15) is 50.7 Å². The molecule has 6 nitrogen and oxygen atoms in total. The van der Waals surface area contributed by atoms with Gasteiger partial charge in [-0.3, -0.25) is 9.59 Å². The number of carbonyl (C=O) groups is 2. The van der Waals surface area contributed by atoms with Crippen LogP contribution in [0.3, 0.4) is 0 Å². The Hall–Kier alpha value is -1.73. The van der Waals surface area contributed by atoms with Crippen molar-refractivity contribution in [1.82, 2.24) is 4.90 Å². The predicted molar refractivity (Wildman–Crippen MR) is 108 cm³/mol. The fourth-order valence-corrected chi connectivity index (χ4v) is 4.50. The summed E-state index contributed by atoms with van der Waals surface area (Å²) in [7, 11) is 0. The molecule has 1 aromatic rings. The van der Waals surface area contributed by atoms with Gasteiger partial charge in [-0.25, -0.2) is 0 Å². The molecule has 0 bridgehead atoms. The van der Waals surface area contributed by atoms with E-state index in [9.17, 15) is 9.59 Å². The minimum absolute atomic E-state index is 0.00176. The maximum atomic E-state index is 12.6. The van der Waals surface area contributed by atoms with E-state index in [2.05, 4.69) is 25.3 Å². The lowest BCUT2D eigenvalue weighted by molar-refractivity contribution is -0.228.